The predicted octanol–water partition coefficient (Wildman–Crippen LogP) is 5.92. The van der Waals surface area contributed by atoms with Crippen molar-refractivity contribution in [3.05, 3.63) is 132 Å². The summed E-state index contributed by atoms with van der Waals surface area (Å²) >= 11 is 0. The number of carbonyl (C=O) groups is 4. The Bertz CT molecular complexity index is 1510. The standard InChI is InChI=1S/C36H36N2O6/c1-2-12-29(33(39)37-31(24-43-35(37)41)22-27-15-8-4-9-16-27)19-20-30(21-26-13-6-3-7-14-26)34(40)38-32(25-44-36(38)42)23-28-17-10-5-11-18-28/h2-11,13-18,20,29,31-32H,1,12,19,21-25H2/t29?,31-,32-/m0/s1. The van der Waals surface area contributed by atoms with E-state index < -0.39 is 36.1 Å². The molecular formula is C36H36N2O6. The Balaban J connectivity index is 1.39. The molecule has 2 aliphatic heterocycles. The van der Waals surface area contributed by atoms with Crippen molar-refractivity contribution >= 4 is 24.0 Å². The van der Waals surface area contributed by atoms with Gasteiger partial charge in [0.15, 0.2) is 0 Å². The van der Waals surface area contributed by atoms with Crippen LogP contribution in [0.2, 0.25) is 0 Å². The van der Waals surface area contributed by atoms with Gasteiger partial charge in [-0.1, -0.05) is 103 Å². The summed E-state index contributed by atoms with van der Waals surface area (Å²) in [6, 6.07) is 27.9. The first-order valence-corrected chi connectivity index (χ1v) is 14.9. The second-order valence-electron chi connectivity index (χ2n) is 11.1. The van der Waals surface area contributed by atoms with E-state index in [1.807, 2.05) is 91.0 Å². The summed E-state index contributed by atoms with van der Waals surface area (Å²) in [5, 5.41) is 0. The molecule has 0 radical (unpaired) electrons. The van der Waals surface area contributed by atoms with Gasteiger partial charge in [-0.05, 0) is 42.4 Å². The molecule has 5 rings (SSSR count). The molecule has 0 bridgehead atoms. The molecule has 8 nitrogen and oxygen atoms in total. The normalized spacial score (nSPS) is 19.0. The molecule has 0 aromatic heterocycles. The fraction of sp³-hybridized carbons (Fsp3) is 0.278. The number of rotatable bonds is 12. The zero-order valence-corrected chi connectivity index (χ0v) is 24.5. The molecule has 4 amide bonds. The molecule has 2 heterocycles. The highest BCUT2D eigenvalue weighted by atomic mass is 16.6. The molecule has 0 saturated carbocycles. The number of allylic oxidation sites excluding steroid dienone is 2. The van der Waals surface area contributed by atoms with Crippen LogP contribution in [0.15, 0.2) is 115 Å². The number of ether oxygens (including phenoxy) is 2. The van der Waals surface area contributed by atoms with Crippen LogP contribution in [-0.4, -0.2) is 59.1 Å². The lowest BCUT2D eigenvalue weighted by atomic mass is 9.94. The molecule has 3 aromatic rings. The third-order valence-electron chi connectivity index (χ3n) is 7.97. The minimum Gasteiger partial charge on any atom is -0.447 e. The molecule has 2 saturated heterocycles. The van der Waals surface area contributed by atoms with E-state index in [4.69, 9.17) is 9.47 Å². The second kappa shape index (κ2) is 14.5. The van der Waals surface area contributed by atoms with E-state index in [1.54, 1.807) is 12.2 Å². The van der Waals surface area contributed by atoms with Crippen LogP contribution in [0, 0.1) is 5.92 Å². The van der Waals surface area contributed by atoms with E-state index in [2.05, 4.69) is 6.58 Å². The number of hydrogen-bond donors (Lipinski definition) is 0. The summed E-state index contributed by atoms with van der Waals surface area (Å²) in [7, 11) is 0. The highest BCUT2D eigenvalue weighted by molar-refractivity contribution is 6.04. The number of nitrogens with zero attached hydrogens (tertiary/aromatic N) is 2. The van der Waals surface area contributed by atoms with Crippen molar-refractivity contribution in [1.82, 2.24) is 9.80 Å². The number of imide groups is 2. The first-order valence-electron chi connectivity index (χ1n) is 14.9. The van der Waals surface area contributed by atoms with Gasteiger partial charge in [-0.15, -0.1) is 6.58 Å². The maximum Gasteiger partial charge on any atom is 0.417 e. The Morgan fingerprint density at radius 3 is 1.73 bits per heavy atom. The van der Waals surface area contributed by atoms with E-state index in [1.165, 1.54) is 9.80 Å². The molecule has 1 unspecified atom stereocenters. The third-order valence-corrected chi connectivity index (χ3v) is 7.97. The van der Waals surface area contributed by atoms with Gasteiger partial charge in [0.1, 0.15) is 13.2 Å². The van der Waals surface area contributed by atoms with E-state index >= 15 is 0 Å². The molecule has 8 heteroatoms. The van der Waals surface area contributed by atoms with E-state index in [0.717, 1.165) is 16.7 Å². The Labute approximate surface area is 257 Å². The topological polar surface area (TPSA) is 93.2 Å². The van der Waals surface area contributed by atoms with Gasteiger partial charge in [0, 0.05) is 17.9 Å². The molecule has 2 fully saturated rings. The van der Waals surface area contributed by atoms with Gasteiger partial charge in [0.25, 0.3) is 5.91 Å². The molecule has 44 heavy (non-hydrogen) atoms. The zero-order valence-electron chi connectivity index (χ0n) is 24.5. The van der Waals surface area contributed by atoms with Crippen molar-refractivity contribution in [1.29, 1.82) is 0 Å². The Kier molecular flexibility index (Phi) is 10.0. The first kappa shape index (κ1) is 30.5. The van der Waals surface area contributed by atoms with Gasteiger partial charge in [-0.25, -0.2) is 19.4 Å². The summed E-state index contributed by atoms with van der Waals surface area (Å²) in [6.45, 7) is 4.05. The largest absolute Gasteiger partial charge is 0.447 e. The minimum absolute atomic E-state index is 0.107. The Morgan fingerprint density at radius 1 is 0.727 bits per heavy atom. The van der Waals surface area contributed by atoms with Crippen molar-refractivity contribution in [2.24, 2.45) is 5.92 Å². The number of cyclic esters (lactones) is 2. The SMILES string of the molecule is C=CCC(CC=C(Cc1ccccc1)C(=O)N1C(=O)OC[C@@H]1Cc1ccccc1)C(=O)N1C(=O)OC[C@@H]1Cc1ccccc1. The quantitative estimate of drug-likeness (QED) is 0.192. The van der Waals surface area contributed by atoms with Gasteiger partial charge >= 0.3 is 12.2 Å². The Morgan fingerprint density at radius 2 is 1.20 bits per heavy atom. The number of carbonyl (C=O) groups excluding carboxylic acids is 4. The minimum atomic E-state index is -0.683. The maximum atomic E-state index is 14.0. The first-order chi connectivity index (χ1) is 21.4. The van der Waals surface area contributed by atoms with Crippen LogP contribution in [-0.2, 0) is 38.3 Å². The van der Waals surface area contributed by atoms with Crippen LogP contribution in [0.4, 0.5) is 9.59 Å². The molecule has 0 spiro atoms. The van der Waals surface area contributed by atoms with Crippen molar-refractivity contribution < 1.29 is 28.7 Å². The molecule has 3 atom stereocenters. The number of amides is 4. The summed E-state index contributed by atoms with van der Waals surface area (Å²) in [5.41, 5.74) is 3.24. The lowest BCUT2D eigenvalue weighted by Gasteiger charge is -2.25. The number of benzene rings is 3. The summed E-state index contributed by atoms with van der Waals surface area (Å²) in [5.74, 6) is -1.48. The van der Waals surface area contributed by atoms with Crippen molar-refractivity contribution in [2.45, 2.75) is 44.2 Å². The number of hydrogen-bond acceptors (Lipinski definition) is 6. The predicted molar refractivity (Wildman–Crippen MR) is 165 cm³/mol. The highest BCUT2D eigenvalue weighted by Crippen LogP contribution is 2.26. The van der Waals surface area contributed by atoms with E-state index in [0.29, 0.717) is 24.8 Å². The van der Waals surface area contributed by atoms with Crippen molar-refractivity contribution in [3.63, 3.8) is 0 Å². The molecule has 0 aliphatic carbocycles. The van der Waals surface area contributed by atoms with Crippen LogP contribution in [0.3, 0.4) is 0 Å². The lowest BCUT2D eigenvalue weighted by molar-refractivity contribution is -0.133. The highest BCUT2D eigenvalue weighted by Gasteiger charge is 2.41. The van der Waals surface area contributed by atoms with Gasteiger partial charge in [0.05, 0.1) is 12.1 Å². The molecular weight excluding hydrogens is 556 g/mol. The maximum absolute atomic E-state index is 14.0. The molecule has 3 aromatic carbocycles. The average molecular weight is 593 g/mol. The monoisotopic (exact) mass is 592 g/mol. The fourth-order valence-corrected chi connectivity index (χ4v) is 5.70. The zero-order chi connectivity index (χ0) is 30.9. The molecule has 226 valence electrons. The fourth-order valence-electron chi connectivity index (χ4n) is 5.70. The summed E-state index contributed by atoms with van der Waals surface area (Å²) < 4.78 is 10.6. The van der Waals surface area contributed by atoms with Gasteiger partial charge in [-0.2, -0.15) is 0 Å². The van der Waals surface area contributed by atoms with Crippen LogP contribution < -0.4 is 0 Å². The lowest BCUT2D eigenvalue weighted by Crippen LogP contribution is -2.43. The van der Waals surface area contributed by atoms with Gasteiger partial charge < -0.3 is 9.47 Å². The van der Waals surface area contributed by atoms with Crippen LogP contribution in [0.1, 0.15) is 29.5 Å². The summed E-state index contributed by atoms with van der Waals surface area (Å²) in [4.78, 5) is 55.9. The average Bonchev–Trinajstić information content (AvgIpc) is 3.60. The molecule has 2 aliphatic rings. The third kappa shape index (κ3) is 7.32. The van der Waals surface area contributed by atoms with Gasteiger partial charge in [0.2, 0.25) is 5.91 Å². The Hall–Kier alpha value is -4.98. The van der Waals surface area contributed by atoms with Crippen LogP contribution in [0.25, 0.3) is 0 Å². The van der Waals surface area contributed by atoms with Crippen molar-refractivity contribution in [3.8, 4) is 0 Å². The van der Waals surface area contributed by atoms with E-state index in [-0.39, 0.29) is 32.0 Å². The summed E-state index contributed by atoms with van der Waals surface area (Å²) in [6.07, 6.45) is 3.69. The molecule has 0 N–H and O–H groups in total. The van der Waals surface area contributed by atoms with Crippen LogP contribution >= 0.6 is 0 Å². The smallest absolute Gasteiger partial charge is 0.417 e. The van der Waals surface area contributed by atoms with Crippen LogP contribution in [0.5, 0.6) is 0 Å². The van der Waals surface area contributed by atoms with Crippen molar-refractivity contribution in [2.75, 3.05) is 13.2 Å². The van der Waals surface area contributed by atoms with E-state index in [9.17, 15) is 19.2 Å². The van der Waals surface area contributed by atoms with Gasteiger partial charge in [-0.3, -0.25) is 9.59 Å². The second-order valence-corrected chi connectivity index (χ2v) is 11.1.